The third-order valence-electron chi connectivity index (χ3n) is 3.20. The van der Waals surface area contributed by atoms with E-state index in [9.17, 15) is 4.39 Å². The number of halogens is 2. The Hall–Kier alpha value is -2.00. The first-order valence-electron chi connectivity index (χ1n) is 5.92. The van der Waals surface area contributed by atoms with Crippen molar-refractivity contribution in [2.45, 2.75) is 6.54 Å². The highest BCUT2D eigenvalue weighted by atomic mass is 35.5. The van der Waals surface area contributed by atoms with Gasteiger partial charge in [0.15, 0.2) is 0 Å². The van der Waals surface area contributed by atoms with E-state index in [1.54, 1.807) is 6.07 Å². The molecule has 2 N–H and O–H groups in total. The lowest BCUT2D eigenvalue weighted by Gasteiger charge is -2.08. The number of hydrogen-bond acceptors (Lipinski definition) is 1. The maximum Gasteiger partial charge on any atom is 0.124 e. The van der Waals surface area contributed by atoms with Gasteiger partial charge in [-0.2, -0.15) is 0 Å². The first-order valence-corrected chi connectivity index (χ1v) is 6.30. The number of hydrogen-bond donors (Lipinski definition) is 1. The maximum atomic E-state index is 13.0. The fraction of sp³-hybridized carbons (Fsp3) is 0.0667. The summed E-state index contributed by atoms with van der Waals surface area (Å²) in [6, 6.07) is 12.2. The van der Waals surface area contributed by atoms with E-state index in [0.29, 0.717) is 11.6 Å². The molecule has 0 saturated carbocycles. The molecule has 2 aromatic carbocycles. The van der Waals surface area contributed by atoms with Gasteiger partial charge < -0.3 is 10.3 Å². The van der Waals surface area contributed by atoms with Gasteiger partial charge in [0, 0.05) is 28.8 Å². The number of rotatable bonds is 2. The van der Waals surface area contributed by atoms with Gasteiger partial charge in [-0.15, -0.1) is 0 Å². The van der Waals surface area contributed by atoms with Crippen molar-refractivity contribution in [3.05, 3.63) is 65.1 Å². The van der Waals surface area contributed by atoms with Crippen molar-refractivity contribution in [1.29, 1.82) is 0 Å². The van der Waals surface area contributed by atoms with E-state index in [-0.39, 0.29) is 5.82 Å². The Morgan fingerprint density at radius 3 is 2.79 bits per heavy atom. The van der Waals surface area contributed by atoms with Crippen LogP contribution in [0.3, 0.4) is 0 Å². The van der Waals surface area contributed by atoms with Crippen molar-refractivity contribution in [2.24, 2.45) is 0 Å². The summed E-state index contributed by atoms with van der Waals surface area (Å²) in [5.41, 5.74) is 8.59. The van der Waals surface area contributed by atoms with Crippen LogP contribution < -0.4 is 5.73 Å². The van der Waals surface area contributed by atoms with Crippen LogP contribution in [0.25, 0.3) is 10.9 Å². The minimum absolute atomic E-state index is 0.324. The molecule has 0 aliphatic rings. The van der Waals surface area contributed by atoms with Crippen LogP contribution >= 0.6 is 11.6 Å². The highest BCUT2D eigenvalue weighted by molar-refractivity contribution is 6.31. The first-order chi connectivity index (χ1) is 9.15. The first kappa shape index (κ1) is 12.1. The van der Waals surface area contributed by atoms with E-state index in [2.05, 4.69) is 0 Å². The van der Waals surface area contributed by atoms with Gasteiger partial charge in [-0.05, 0) is 35.9 Å². The van der Waals surface area contributed by atoms with Crippen molar-refractivity contribution >= 4 is 28.2 Å². The van der Waals surface area contributed by atoms with E-state index >= 15 is 0 Å². The molecule has 0 bridgehead atoms. The van der Waals surface area contributed by atoms with Gasteiger partial charge in [-0.25, -0.2) is 4.39 Å². The summed E-state index contributed by atoms with van der Waals surface area (Å²) in [4.78, 5) is 0. The zero-order valence-corrected chi connectivity index (χ0v) is 10.9. The lowest BCUT2D eigenvalue weighted by atomic mass is 10.2. The van der Waals surface area contributed by atoms with Crippen molar-refractivity contribution in [3.8, 4) is 0 Å². The third-order valence-corrected chi connectivity index (χ3v) is 3.56. The molecule has 0 aliphatic heterocycles. The monoisotopic (exact) mass is 274 g/mol. The van der Waals surface area contributed by atoms with Gasteiger partial charge >= 0.3 is 0 Å². The second-order valence-electron chi connectivity index (χ2n) is 4.46. The van der Waals surface area contributed by atoms with Crippen LogP contribution in [0, 0.1) is 5.82 Å². The average molecular weight is 275 g/mol. The van der Waals surface area contributed by atoms with Crippen LogP contribution in [0.2, 0.25) is 5.02 Å². The quantitative estimate of drug-likeness (QED) is 0.702. The molecule has 0 amide bonds. The van der Waals surface area contributed by atoms with Gasteiger partial charge in [-0.1, -0.05) is 23.7 Å². The number of nitrogen functional groups attached to an aromatic ring is 1. The molecule has 0 spiro atoms. The van der Waals surface area contributed by atoms with Crippen LogP contribution in [-0.4, -0.2) is 4.57 Å². The van der Waals surface area contributed by atoms with E-state index in [1.165, 1.54) is 12.1 Å². The summed E-state index contributed by atoms with van der Waals surface area (Å²) in [5, 5.41) is 1.45. The largest absolute Gasteiger partial charge is 0.398 e. The molecule has 96 valence electrons. The Bertz CT molecular complexity index is 749. The number of fused-ring (bicyclic) bond motifs is 1. The molecule has 0 aliphatic carbocycles. The Morgan fingerprint density at radius 1 is 1.16 bits per heavy atom. The molecule has 2 nitrogen and oxygen atoms in total. The van der Waals surface area contributed by atoms with E-state index in [4.69, 9.17) is 17.3 Å². The zero-order valence-electron chi connectivity index (χ0n) is 10.1. The average Bonchev–Trinajstić information content (AvgIpc) is 2.78. The Labute approximate surface area is 115 Å². The van der Waals surface area contributed by atoms with Crippen LogP contribution in [0.5, 0.6) is 0 Å². The van der Waals surface area contributed by atoms with Crippen molar-refractivity contribution in [3.63, 3.8) is 0 Å². The smallest absolute Gasteiger partial charge is 0.124 e. The van der Waals surface area contributed by atoms with E-state index < -0.39 is 0 Å². The molecule has 0 saturated heterocycles. The molecular weight excluding hydrogens is 263 g/mol. The molecule has 3 rings (SSSR count). The van der Waals surface area contributed by atoms with Crippen LogP contribution in [0.15, 0.2) is 48.7 Å². The van der Waals surface area contributed by atoms with Crippen molar-refractivity contribution in [1.82, 2.24) is 4.57 Å². The molecule has 4 heteroatoms. The molecule has 0 fully saturated rings. The predicted molar refractivity (Wildman–Crippen MR) is 76.9 cm³/mol. The lowest BCUT2D eigenvalue weighted by molar-refractivity contribution is 0.626. The van der Waals surface area contributed by atoms with Gasteiger partial charge in [-0.3, -0.25) is 0 Å². The molecule has 3 aromatic rings. The summed E-state index contributed by atoms with van der Waals surface area (Å²) < 4.78 is 15.1. The summed E-state index contributed by atoms with van der Waals surface area (Å²) in [5.74, 6) is -0.324. The van der Waals surface area contributed by atoms with Gasteiger partial charge in [0.05, 0.1) is 5.52 Å². The van der Waals surface area contributed by atoms with Crippen LogP contribution in [0.4, 0.5) is 10.1 Å². The molecule has 0 atom stereocenters. The number of anilines is 1. The van der Waals surface area contributed by atoms with Gasteiger partial charge in [0.25, 0.3) is 0 Å². The molecule has 1 heterocycles. The lowest BCUT2D eigenvalue weighted by Crippen LogP contribution is -1.99. The Balaban J connectivity index is 2.04. The van der Waals surface area contributed by atoms with E-state index in [1.807, 2.05) is 35.0 Å². The summed E-state index contributed by atoms with van der Waals surface area (Å²) >= 11 is 6.05. The number of nitrogens with two attached hydrogens (primary N) is 1. The van der Waals surface area contributed by atoms with Crippen LogP contribution in [-0.2, 0) is 6.54 Å². The molecule has 0 radical (unpaired) electrons. The Kier molecular flexibility index (Phi) is 2.91. The Morgan fingerprint density at radius 2 is 2.00 bits per heavy atom. The van der Waals surface area contributed by atoms with Crippen molar-refractivity contribution in [2.75, 3.05) is 5.73 Å². The normalized spacial score (nSPS) is 11.1. The molecule has 0 unspecified atom stereocenters. The number of benzene rings is 2. The fourth-order valence-electron chi connectivity index (χ4n) is 2.22. The minimum Gasteiger partial charge on any atom is -0.398 e. The highest BCUT2D eigenvalue weighted by Crippen LogP contribution is 2.24. The number of nitrogens with zero attached hydrogens (tertiary/aromatic N) is 1. The topological polar surface area (TPSA) is 30.9 Å². The van der Waals surface area contributed by atoms with E-state index in [0.717, 1.165) is 22.2 Å². The highest BCUT2D eigenvalue weighted by Gasteiger charge is 2.07. The summed E-state index contributed by atoms with van der Waals surface area (Å²) in [6.07, 6.45) is 1.96. The second-order valence-corrected chi connectivity index (χ2v) is 4.87. The molecule has 19 heavy (non-hydrogen) atoms. The van der Waals surface area contributed by atoms with Gasteiger partial charge in [0.1, 0.15) is 5.82 Å². The van der Waals surface area contributed by atoms with Crippen molar-refractivity contribution < 1.29 is 4.39 Å². The standard InChI is InChI=1S/C15H12ClFN2/c16-13-8-11(17)5-4-10(13)9-19-7-6-12-14(18)2-1-3-15(12)19/h1-8H,9,18H2. The summed E-state index contributed by atoms with van der Waals surface area (Å²) in [7, 11) is 0. The zero-order chi connectivity index (χ0) is 13.4. The summed E-state index contributed by atoms with van der Waals surface area (Å²) in [6.45, 7) is 0.589. The molecular formula is C15H12ClFN2. The number of aromatic nitrogens is 1. The third kappa shape index (κ3) is 2.17. The molecule has 1 aromatic heterocycles. The minimum atomic E-state index is -0.324. The predicted octanol–water partition coefficient (Wildman–Crippen LogP) is 4.06. The maximum absolute atomic E-state index is 13.0. The van der Waals surface area contributed by atoms with Gasteiger partial charge in [0.2, 0.25) is 0 Å². The second kappa shape index (κ2) is 4.59. The fourth-order valence-corrected chi connectivity index (χ4v) is 2.45. The SMILES string of the molecule is Nc1cccc2c1ccn2Cc1ccc(F)cc1Cl. The van der Waals surface area contributed by atoms with Crippen LogP contribution in [0.1, 0.15) is 5.56 Å².